The molecule has 4 heterocycles. The molecule has 0 aromatic carbocycles. The predicted octanol–water partition coefficient (Wildman–Crippen LogP) is 1.37. The van der Waals surface area contributed by atoms with E-state index in [1.165, 1.54) is 0 Å². The number of nitrogens with one attached hydrogen (secondary N) is 1. The Kier molecular flexibility index (Phi) is 4.20. The molecule has 2 saturated heterocycles. The Balaban J connectivity index is 1.32. The van der Waals surface area contributed by atoms with Crippen LogP contribution in [0.25, 0.3) is 11.0 Å². The summed E-state index contributed by atoms with van der Waals surface area (Å²) in [6.07, 6.45) is 7.56. The Bertz CT molecular complexity index is 928. The maximum Gasteiger partial charge on any atom is 0.227 e. The summed E-state index contributed by atoms with van der Waals surface area (Å²) in [5, 5.41) is 10.0. The van der Waals surface area contributed by atoms with Crippen LogP contribution in [0.15, 0.2) is 18.6 Å². The summed E-state index contributed by atoms with van der Waals surface area (Å²) in [7, 11) is 0. The van der Waals surface area contributed by atoms with E-state index in [1.807, 2.05) is 12.3 Å². The first-order valence-electron chi connectivity index (χ1n) is 10.1. The van der Waals surface area contributed by atoms with Crippen LogP contribution in [0.2, 0.25) is 0 Å². The molecule has 0 radical (unpaired) electrons. The molecule has 2 aliphatic heterocycles. The Morgan fingerprint density at radius 1 is 1.32 bits per heavy atom. The van der Waals surface area contributed by atoms with E-state index in [9.17, 15) is 4.79 Å². The van der Waals surface area contributed by atoms with E-state index in [0.29, 0.717) is 6.54 Å². The zero-order chi connectivity index (χ0) is 19.1. The fourth-order valence-corrected chi connectivity index (χ4v) is 4.91. The van der Waals surface area contributed by atoms with Crippen LogP contribution in [0.3, 0.4) is 0 Å². The summed E-state index contributed by atoms with van der Waals surface area (Å²) in [5.41, 5.74) is 0.814. The molecule has 1 unspecified atom stereocenters. The highest BCUT2D eigenvalue weighted by molar-refractivity contribution is 5.88. The first-order valence-corrected chi connectivity index (χ1v) is 10.1. The molecule has 1 saturated carbocycles. The third kappa shape index (κ3) is 2.90. The zero-order valence-corrected chi connectivity index (χ0v) is 16.0. The third-order valence-corrected chi connectivity index (χ3v) is 6.53. The molecule has 5 rings (SSSR count). The van der Waals surface area contributed by atoms with Crippen LogP contribution in [0.4, 0.5) is 5.82 Å². The lowest BCUT2D eigenvalue weighted by molar-refractivity contribution is -0.141. The van der Waals surface area contributed by atoms with Gasteiger partial charge in [-0.15, -0.1) is 0 Å². The zero-order valence-electron chi connectivity index (χ0n) is 16.0. The molecule has 1 amide bonds. The average molecular weight is 379 g/mol. The first-order chi connectivity index (χ1) is 13.7. The number of carbonyl (C=O) groups is 1. The van der Waals surface area contributed by atoms with Gasteiger partial charge >= 0.3 is 0 Å². The van der Waals surface area contributed by atoms with Gasteiger partial charge in [-0.05, 0) is 38.3 Å². The molecule has 8 heteroatoms. The van der Waals surface area contributed by atoms with Crippen LogP contribution in [-0.2, 0) is 4.79 Å². The molecule has 0 bridgehead atoms. The van der Waals surface area contributed by atoms with Gasteiger partial charge in [-0.2, -0.15) is 5.26 Å². The van der Waals surface area contributed by atoms with Crippen molar-refractivity contribution in [2.24, 2.45) is 5.92 Å². The van der Waals surface area contributed by atoms with Crippen molar-refractivity contribution >= 4 is 22.8 Å². The lowest BCUT2D eigenvalue weighted by Crippen LogP contribution is -2.59. The average Bonchev–Trinajstić information content (AvgIpc) is 3.30. The highest BCUT2D eigenvalue weighted by atomic mass is 16.2. The van der Waals surface area contributed by atoms with Crippen molar-refractivity contribution in [3.8, 4) is 6.07 Å². The number of carbonyl (C=O) groups excluding carboxylic acids is 1. The standard InChI is InChI=1S/C20H25N7O/c21-6-9-25-8-1-2-15(12-25)19(28)27-11-10-26(13-20(27)4-5-20)18-16-3-7-22-17(16)23-14-24-18/h3,7,14-15H,1-2,4-5,8-13H2,(H,22,23,24). The lowest BCUT2D eigenvalue weighted by atomic mass is 9.94. The minimum absolute atomic E-state index is 0.0292. The number of hydrogen-bond acceptors (Lipinski definition) is 6. The number of fused-ring (bicyclic) bond motifs is 1. The summed E-state index contributed by atoms with van der Waals surface area (Å²) in [6.45, 7) is 4.44. The SMILES string of the molecule is N#CCN1CCCC(C(=O)N2CCN(c3ncnc4[nH]ccc34)CC23CC3)C1. The van der Waals surface area contributed by atoms with Gasteiger partial charge in [0.1, 0.15) is 17.8 Å². The van der Waals surface area contributed by atoms with Gasteiger partial charge < -0.3 is 14.8 Å². The predicted molar refractivity (Wildman–Crippen MR) is 105 cm³/mol. The van der Waals surface area contributed by atoms with Crippen LogP contribution < -0.4 is 4.90 Å². The Morgan fingerprint density at radius 2 is 2.21 bits per heavy atom. The molecule has 1 spiro atoms. The van der Waals surface area contributed by atoms with Crippen molar-refractivity contribution in [2.45, 2.75) is 31.2 Å². The number of rotatable bonds is 3. The van der Waals surface area contributed by atoms with Gasteiger partial charge in [-0.1, -0.05) is 0 Å². The van der Waals surface area contributed by atoms with Crippen molar-refractivity contribution in [1.82, 2.24) is 24.8 Å². The summed E-state index contributed by atoms with van der Waals surface area (Å²) in [5.74, 6) is 1.28. The Labute approximate surface area is 164 Å². The van der Waals surface area contributed by atoms with Gasteiger partial charge in [-0.25, -0.2) is 9.97 Å². The number of piperidine rings is 1. The molecule has 28 heavy (non-hydrogen) atoms. The normalized spacial score (nSPS) is 24.5. The molecule has 3 aliphatic rings. The van der Waals surface area contributed by atoms with E-state index in [2.05, 4.69) is 35.7 Å². The largest absolute Gasteiger partial charge is 0.352 e. The van der Waals surface area contributed by atoms with E-state index in [4.69, 9.17) is 5.26 Å². The second kappa shape index (κ2) is 6.74. The number of amides is 1. The number of likely N-dealkylation sites (tertiary alicyclic amines) is 1. The second-order valence-corrected chi connectivity index (χ2v) is 8.31. The Morgan fingerprint density at radius 3 is 3.04 bits per heavy atom. The number of nitrogens with zero attached hydrogens (tertiary/aromatic N) is 6. The lowest BCUT2D eigenvalue weighted by Gasteiger charge is -2.45. The molecular weight excluding hydrogens is 354 g/mol. The fraction of sp³-hybridized carbons (Fsp3) is 0.600. The van der Waals surface area contributed by atoms with Crippen molar-refractivity contribution in [3.05, 3.63) is 18.6 Å². The maximum absolute atomic E-state index is 13.3. The van der Waals surface area contributed by atoms with Crippen LogP contribution in [-0.4, -0.2) is 75.5 Å². The number of H-pyrrole nitrogens is 1. The van der Waals surface area contributed by atoms with Crippen molar-refractivity contribution in [1.29, 1.82) is 5.26 Å². The van der Waals surface area contributed by atoms with E-state index < -0.39 is 0 Å². The van der Waals surface area contributed by atoms with Crippen LogP contribution in [0.1, 0.15) is 25.7 Å². The topological polar surface area (TPSA) is 92.2 Å². The van der Waals surface area contributed by atoms with E-state index in [0.717, 1.165) is 75.3 Å². The van der Waals surface area contributed by atoms with Gasteiger partial charge in [0, 0.05) is 32.4 Å². The van der Waals surface area contributed by atoms with E-state index in [1.54, 1.807) is 6.33 Å². The molecule has 146 valence electrons. The monoisotopic (exact) mass is 379 g/mol. The third-order valence-electron chi connectivity index (χ3n) is 6.53. The smallest absolute Gasteiger partial charge is 0.227 e. The number of hydrogen-bond donors (Lipinski definition) is 1. The molecule has 2 aromatic heterocycles. The van der Waals surface area contributed by atoms with Crippen LogP contribution in [0, 0.1) is 17.2 Å². The van der Waals surface area contributed by atoms with E-state index in [-0.39, 0.29) is 17.4 Å². The van der Waals surface area contributed by atoms with Gasteiger partial charge in [0.25, 0.3) is 0 Å². The highest BCUT2D eigenvalue weighted by Crippen LogP contribution is 2.46. The molecular formula is C20H25N7O. The van der Waals surface area contributed by atoms with Gasteiger partial charge in [0.15, 0.2) is 0 Å². The molecule has 3 fully saturated rings. The number of nitriles is 1. The van der Waals surface area contributed by atoms with Gasteiger partial charge in [0.05, 0.1) is 29.5 Å². The number of anilines is 1. The van der Waals surface area contributed by atoms with Crippen molar-refractivity contribution < 1.29 is 4.79 Å². The van der Waals surface area contributed by atoms with Gasteiger partial charge in [-0.3, -0.25) is 9.69 Å². The molecule has 2 aromatic rings. The minimum Gasteiger partial charge on any atom is -0.352 e. The highest BCUT2D eigenvalue weighted by Gasteiger charge is 2.54. The number of aromatic amines is 1. The maximum atomic E-state index is 13.3. The summed E-state index contributed by atoms with van der Waals surface area (Å²) >= 11 is 0. The van der Waals surface area contributed by atoms with Crippen molar-refractivity contribution in [3.63, 3.8) is 0 Å². The quantitative estimate of drug-likeness (QED) is 0.810. The first kappa shape index (κ1) is 17.4. The number of aromatic nitrogens is 3. The van der Waals surface area contributed by atoms with E-state index >= 15 is 0 Å². The molecule has 1 aliphatic carbocycles. The Hall–Kier alpha value is -2.66. The molecule has 8 nitrogen and oxygen atoms in total. The van der Waals surface area contributed by atoms with Crippen molar-refractivity contribution in [2.75, 3.05) is 44.2 Å². The van der Waals surface area contributed by atoms with Gasteiger partial charge in [0.2, 0.25) is 5.91 Å². The second-order valence-electron chi connectivity index (χ2n) is 8.31. The molecule has 1 atom stereocenters. The fourth-order valence-electron chi connectivity index (χ4n) is 4.91. The summed E-state index contributed by atoms with van der Waals surface area (Å²) < 4.78 is 0. The summed E-state index contributed by atoms with van der Waals surface area (Å²) in [4.78, 5) is 31.9. The minimum atomic E-state index is -0.0413. The number of piperazine rings is 1. The summed E-state index contributed by atoms with van der Waals surface area (Å²) in [6, 6.07) is 4.24. The van der Waals surface area contributed by atoms with Crippen LogP contribution in [0.5, 0.6) is 0 Å². The van der Waals surface area contributed by atoms with Crippen LogP contribution >= 0.6 is 0 Å². The molecule has 1 N–H and O–H groups in total.